The Balaban J connectivity index is 2.57. The summed E-state index contributed by atoms with van der Waals surface area (Å²) in [7, 11) is -4.67. The molecule has 0 radical (unpaired) electrons. The third-order valence-corrected chi connectivity index (χ3v) is 6.84. The molecule has 0 aliphatic carbocycles. The minimum Gasteiger partial charge on any atom is -0.608 e. The summed E-state index contributed by atoms with van der Waals surface area (Å²) in [6.07, 6.45) is 2.13. The molecular formula is C17H26N4O5S. The van der Waals surface area contributed by atoms with Gasteiger partial charge in [-0.05, 0) is 31.5 Å². The van der Waals surface area contributed by atoms with Gasteiger partial charge in [0.2, 0.25) is 10.9 Å². The standard InChI is InChI=1S/C17H26N4O5S/c1-2-13(12-15(18)22)17(23)21(24,14-6-5-9-19-11-8-14)27(25,26)16-7-3-4-10-20-16/h3-4,7,10,13-14,19H,2,5-6,8-9,11-12H2,1H3,(H2,18,22)/t13?,14?,21-/m0/s1. The summed E-state index contributed by atoms with van der Waals surface area (Å²) in [6.45, 7) is 2.70. The van der Waals surface area contributed by atoms with Crippen LogP contribution < -0.4 is 11.1 Å². The number of sulfonamides is 1. The summed E-state index contributed by atoms with van der Waals surface area (Å²) in [4.78, 5) is 28.3. The Bertz CT molecular complexity index is 763. The number of aromatic nitrogens is 1. The van der Waals surface area contributed by atoms with Crippen molar-refractivity contribution < 1.29 is 22.1 Å². The van der Waals surface area contributed by atoms with Crippen LogP contribution in [-0.4, -0.2) is 48.4 Å². The number of hydroxylamine groups is 2. The highest BCUT2D eigenvalue weighted by Gasteiger charge is 2.51. The highest BCUT2D eigenvalue weighted by molar-refractivity contribution is 7.86. The van der Waals surface area contributed by atoms with Crippen molar-refractivity contribution in [2.45, 2.75) is 50.1 Å². The Kier molecular flexibility index (Phi) is 7.04. The lowest BCUT2D eigenvalue weighted by atomic mass is 9.99. The molecule has 1 saturated heterocycles. The molecule has 150 valence electrons. The Labute approximate surface area is 159 Å². The summed E-state index contributed by atoms with van der Waals surface area (Å²) in [6, 6.07) is 3.21. The smallest absolute Gasteiger partial charge is 0.351 e. The van der Waals surface area contributed by atoms with Gasteiger partial charge in [0, 0.05) is 32.0 Å². The number of nitrogens with one attached hydrogen (secondary N) is 1. The summed E-state index contributed by atoms with van der Waals surface area (Å²) in [5.74, 6) is -2.86. The fourth-order valence-corrected chi connectivity index (χ4v) is 5.09. The second-order valence-corrected chi connectivity index (χ2v) is 8.60. The SMILES string of the molecule is CCC(CC(N)=O)C(=O)[N@+]([O-])(C1CCCNCC1)S(=O)(=O)c1ccccn1. The van der Waals surface area contributed by atoms with Crippen LogP contribution in [0.25, 0.3) is 0 Å². The minimum atomic E-state index is -4.67. The molecule has 1 fully saturated rings. The van der Waals surface area contributed by atoms with Gasteiger partial charge in [-0.2, -0.15) is 12.5 Å². The molecule has 2 rings (SSSR count). The van der Waals surface area contributed by atoms with Crippen LogP contribution in [0.5, 0.6) is 0 Å². The average molecular weight is 398 g/mol. The zero-order valence-corrected chi connectivity index (χ0v) is 16.2. The van der Waals surface area contributed by atoms with Gasteiger partial charge in [-0.25, -0.2) is 9.78 Å². The lowest BCUT2D eigenvalue weighted by Crippen LogP contribution is -2.61. The first-order valence-electron chi connectivity index (χ1n) is 9.04. The number of amides is 2. The fourth-order valence-electron chi connectivity index (χ4n) is 3.38. The number of primary amides is 1. The van der Waals surface area contributed by atoms with E-state index in [1.165, 1.54) is 24.4 Å². The number of hydrogen-bond donors (Lipinski definition) is 2. The number of nitrogens with zero attached hydrogens (tertiary/aromatic N) is 2. The van der Waals surface area contributed by atoms with Crippen LogP contribution >= 0.6 is 0 Å². The van der Waals surface area contributed by atoms with Crippen molar-refractivity contribution >= 4 is 21.8 Å². The van der Waals surface area contributed by atoms with Crippen LogP contribution in [-0.2, 0) is 19.6 Å². The van der Waals surface area contributed by atoms with Crippen LogP contribution in [0.4, 0.5) is 0 Å². The van der Waals surface area contributed by atoms with E-state index in [1.54, 1.807) is 6.92 Å². The number of carbonyl (C=O) groups is 2. The lowest BCUT2D eigenvalue weighted by Gasteiger charge is -2.44. The first-order valence-corrected chi connectivity index (χ1v) is 10.5. The molecule has 1 aromatic rings. The summed E-state index contributed by atoms with van der Waals surface area (Å²) >= 11 is 0. The van der Waals surface area contributed by atoms with Gasteiger partial charge in [0.25, 0.3) is 0 Å². The molecule has 0 saturated carbocycles. The predicted octanol–water partition coefficient (Wildman–Crippen LogP) is 0.655. The molecule has 2 amide bonds. The Morgan fingerprint density at radius 3 is 2.70 bits per heavy atom. The second-order valence-electron chi connectivity index (χ2n) is 6.69. The maximum Gasteiger partial charge on any atom is 0.351 e. The van der Waals surface area contributed by atoms with Crippen molar-refractivity contribution in [2.75, 3.05) is 13.1 Å². The highest BCUT2D eigenvalue weighted by Crippen LogP contribution is 2.34. The molecular weight excluding hydrogens is 372 g/mol. The summed E-state index contributed by atoms with van der Waals surface area (Å²) in [5.41, 5.74) is 5.20. The van der Waals surface area contributed by atoms with Crippen LogP contribution in [0.15, 0.2) is 29.4 Å². The van der Waals surface area contributed by atoms with E-state index in [0.717, 1.165) is 0 Å². The largest absolute Gasteiger partial charge is 0.608 e. The third kappa shape index (κ3) is 4.34. The summed E-state index contributed by atoms with van der Waals surface area (Å²) < 4.78 is 24.5. The second kappa shape index (κ2) is 8.87. The number of hydrogen-bond acceptors (Lipinski definition) is 7. The van der Waals surface area contributed by atoms with E-state index in [1.807, 2.05) is 0 Å². The van der Waals surface area contributed by atoms with E-state index in [-0.39, 0.29) is 25.7 Å². The van der Waals surface area contributed by atoms with Gasteiger partial charge in [0.1, 0.15) is 6.04 Å². The highest BCUT2D eigenvalue weighted by atomic mass is 32.2. The number of pyridine rings is 1. The van der Waals surface area contributed by atoms with Gasteiger partial charge in [0.05, 0.1) is 5.92 Å². The van der Waals surface area contributed by atoms with Crippen molar-refractivity contribution in [1.29, 1.82) is 0 Å². The molecule has 9 nitrogen and oxygen atoms in total. The topological polar surface area (TPSA) is 142 Å². The number of carbonyl (C=O) groups excluding carboxylic acids is 2. The van der Waals surface area contributed by atoms with Crippen LogP contribution in [0.3, 0.4) is 0 Å². The van der Waals surface area contributed by atoms with Gasteiger partial charge >= 0.3 is 15.9 Å². The number of quaternary nitrogens is 1. The maximum atomic E-state index is 13.9. The first-order chi connectivity index (χ1) is 12.7. The number of rotatable bonds is 7. The molecule has 3 N–H and O–H groups in total. The molecule has 1 aliphatic heterocycles. The van der Waals surface area contributed by atoms with Crippen molar-refractivity contribution in [3.05, 3.63) is 29.6 Å². The van der Waals surface area contributed by atoms with Crippen LogP contribution in [0, 0.1) is 11.1 Å². The minimum absolute atomic E-state index is 0.146. The van der Waals surface area contributed by atoms with Crippen LogP contribution in [0.2, 0.25) is 0 Å². The quantitative estimate of drug-likeness (QED) is 0.507. The molecule has 2 unspecified atom stereocenters. The van der Waals surface area contributed by atoms with E-state index < -0.39 is 42.9 Å². The zero-order chi connectivity index (χ0) is 20.1. The Hall–Kier alpha value is -1.88. The number of nitrogens with two attached hydrogens (primary N) is 1. The van der Waals surface area contributed by atoms with Gasteiger partial charge in [-0.15, -0.1) is 0 Å². The molecule has 10 heteroatoms. The summed E-state index contributed by atoms with van der Waals surface area (Å²) in [5, 5.41) is 16.6. The monoisotopic (exact) mass is 398 g/mol. The van der Waals surface area contributed by atoms with Crippen molar-refractivity contribution in [2.24, 2.45) is 11.7 Å². The van der Waals surface area contributed by atoms with E-state index >= 15 is 0 Å². The Morgan fingerprint density at radius 1 is 1.37 bits per heavy atom. The van der Waals surface area contributed by atoms with E-state index in [2.05, 4.69) is 10.3 Å². The molecule has 1 aromatic heterocycles. The normalized spacial score (nSPS) is 21.6. The van der Waals surface area contributed by atoms with E-state index in [9.17, 15) is 23.2 Å². The molecule has 1 aliphatic rings. The first kappa shape index (κ1) is 21.4. The molecule has 2 heterocycles. The fraction of sp³-hybridized carbons (Fsp3) is 0.588. The molecule has 3 atom stereocenters. The zero-order valence-electron chi connectivity index (χ0n) is 15.3. The van der Waals surface area contributed by atoms with Crippen LogP contribution in [0.1, 0.15) is 39.0 Å². The van der Waals surface area contributed by atoms with Crippen molar-refractivity contribution in [1.82, 2.24) is 10.3 Å². The Morgan fingerprint density at radius 2 is 2.11 bits per heavy atom. The van der Waals surface area contributed by atoms with Gasteiger partial charge < -0.3 is 16.3 Å². The molecule has 0 bridgehead atoms. The molecule has 0 spiro atoms. The van der Waals surface area contributed by atoms with Gasteiger partial charge in [0.15, 0.2) is 0 Å². The molecule has 0 aromatic carbocycles. The van der Waals surface area contributed by atoms with Gasteiger partial charge in [-0.1, -0.05) is 13.0 Å². The average Bonchev–Trinajstić information content (AvgIpc) is 2.95. The predicted molar refractivity (Wildman–Crippen MR) is 98.2 cm³/mol. The van der Waals surface area contributed by atoms with E-state index in [0.29, 0.717) is 19.5 Å². The third-order valence-electron chi connectivity index (χ3n) is 4.88. The maximum absolute atomic E-state index is 13.9. The van der Waals surface area contributed by atoms with Gasteiger partial charge in [-0.3, -0.25) is 4.79 Å². The lowest BCUT2D eigenvalue weighted by molar-refractivity contribution is -0.707. The van der Waals surface area contributed by atoms with E-state index in [4.69, 9.17) is 5.73 Å². The molecule has 27 heavy (non-hydrogen) atoms. The van der Waals surface area contributed by atoms with Crippen molar-refractivity contribution in [3.63, 3.8) is 0 Å². The van der Waals surface area contributed by atoms with Crippen molar-refractivity contribution in [3.8, 4) is 0 Å².